The van der Waals surface area contributed by atoms with Gasteiger partial charge in [0.25, 0.3) is 0 Å². The second kappa shape index (κ2) is 7.59. The smallest absolute Gasteiger partial charge is 0.341 e. The number of nitrogens with one attached hydrogen (secondary N) is 1. The molecule has 20 heavy (non-hydrogen) atoms. The Hall–Kier alpha value is -1.95. The molecule has 0 saturated heterocycles. The molecule has 112 valence electrons. The highest BCUT2D eigenvalue weighted by atomic mass is 16.5. The van der Waals surface area contributed by atoms with Crippen molar-refractivity contribution in [2.75, 3.05) is 20.8 Å². The molecule has 0 aliphatic rings. The predicted molar refractivity (Wildman–Crippen MR) is 75.4 cm³/mol. The van der Waals surface area contributed by atoms with Gasteiger partial charge in [0.15, 0.2) is 11.5 Å². The Bertz CT molecular complexity index is 449. The number of ether oxygens (including phenoxy) is 2. The Morgan fingerprint density at radius 2 is 1.95 bits per heavy atom. The van der Waals surface area contributed by atoms with Crippen molar-refractivity contribution in [2.24, 2.45) is 0 Å². The third-order valence-corrected chi connectivity index (χ3v) is 2.84. The maximum atomic E-state index is 11.5. The first kappa shape index (κ1) is 16.1. The zero-order valence-corrected chi connectivity index (χ0v) is 12.3. The van der Waals surface area contributed by atoms with Gasteiger partial charge in [-0.2, -0.15) is 0 Å². The van der Waals surface area contributed by atoms with Crippen molar-refractivity contribution >= 4 is 6.03 Å². The molecule has 2 N–H and O–H groups in total. The molecule has 6 nitrogen and oxygen atoms in total. The van der Waals surface area contributed by atoms with E-state index in [-0.39, 0.29) is 6.04 Å². The summed E-state index contributed by atoms with van der Waals surface area (Å²) in [5.74, 6) is 1.32. The molecule has 0 fully saturated rings. The van der Waals surface area contributed by atoms with E-state index in [4.69, 9.17) is 9.47 Å². The van der Waals surface area contributed by atoms with Gasteiger partial charge in [-0.1, -0.05) is 6.07 Å². The van der Waals surface area contributed by atoms with Gasteiger partial charge >= 0.3 is 6.03 Å². The Labute approximate surface area is 119 Å². The fraction of sp³-hybridized carbons (Fsp3) is 0.500. The van der Waals surface area contributed by atoms with Crippen LogP contribution in [0.5, 0.6) is 11.5 Å². The summed E-state index contributed by atoms with van der Waals surface area (Å²) < 4.78 is 10.4. The lowest BCUT2D eigenvalue weighted by atomic mass is 10.1. The molecule has 2 amide bonds. The Morgan fingerprint density at radius 1 is 1.30 bits per heavy atom. The molecule has 0 saturated carbocycles. The van der Waals surface area contributed by atoms with Gasteiger partial charge in [-0.15, -0.1) is 0 Å². The highest BCUT2D eigenvalue weighted by Crippen LogP contribution is 2.27. The van der Waals surface area contributed by atoms with Crippen molar-refractivity contribution in [2.45, 2.75) is 26.3 Å². The van der Waals surface area contributed by atoms with Crippen LogP contribution in [-0.2, 0) is 6.42 Å². The van der Waals surface area contributed by atoms with Crippen LogP contribution in [-0.4, -0.2) is 43.1 Å². The number of benzene rings is 1. The van der Waals surface area contributed by atoms with Crippen molar-refractivity contribution in [3.8, 4) is 11.5 Å². The van der Waals surface area contributed by atoms with E-state index in [1.165, 1.54) is 0 Å². The number of urea groups is 1. The van der Waals surface area contributed by atoms with Crippen LogP contribution in [0.1, 0.15) is 19.4 Å². The number of rotatable bonds is 6. The molecular weight excluding hydrogens is 260 g/mol. The molecular formula is C14H22N2O4. The van der Waals surface area contributed by atoms with E-state index in [0.29, 0.717) is 29.5 Å². The Kier molecular flexibility index (Phi) is 6.11. The number of carbonyl (C=O) groups is 1. The first-order valence-electron chi connectivity index (χ1n) is 6.46. The summed E-state index contributed by atoms with van der Waals surface area (Å²) in [4.78, 5) is 11.5. The molecule has 0 heterocycles. The van der Waals surface area contributed by atoms with E-state index in [1.54, 1.807) is 28.1 Å². The lowest BCUT2D eigenvalue weighted by Gasteiger charge is -2.19. The van der Waals surface area contributed by atoms with E-state index in [9.17, 15) is 10.0 Å². The largest absolute Gasteiger partial charge is 0.493 e. The third kappa shape index (κ3) is 4.31. The number of methoxy groups -OCH3 is 2. The van der Waals surface area contributed by atoms with Crippen LogP contribution < -0.4 is 14.8 Å². The summed E-state index contributed by atoms with van der Waals surface area (Å²) >= 11 is 0. The number of hydrogen-bond acceptors (Lipinski definition) is 4. The van der Waals surface area contributed by atoms with E-state index in [1.807, 2.05) is 18.2 Å². The van der Waals surface area contributed by atoms with Crippen LogP contribution in [0.25, 0.3) is 0 Å². The lowest BCUT2D eigenvalue weighted by molar-refractivity contribution is -0.0676. The fourth-order valence-electron chi connectivity index (χ4n) is 1.67. The normalized spacial score (nSPS) is 10.3. The number of carbonyl (C=O) groups excluding carboxylic acids is 1. The van der Waals surface area contributed by atoms with Crippen LogP contribution in [0.4, 0.5) is 4.79 Å². The second-order valence-electron chi connectivity index (χ2n) is 4.61. The number of amides is 2. The fourth-order valence-corrected chi connectivity index (χ4v) is 1.67. The molecule has 1 aromatic carbocycles. The van der Waals surface area contributed by atoms with Crippen LogP contribution in [0.2, 0.25) is 0 Å². The van der Waals surface area contributed by atoms with Gasteiger partial charge < -0.3 is 14.8 Å². The van der Waals surface area contributed by atoms with E-state index in [2.05, 4.69) is 5.32 Å². The van der Waals surface area contributed by atoms with Crippen LogP contribution in [0, 0.1) is 0 Å². The average molecular weight is 282 g/mol. The predicted octanol–water partition coefficient (Wildman–Crippen LogP) is 2.06. The SMILES string of the molecule is COc1ccc(CCNC(=O)N(O)C(C)C)cc1OC. The quantitative estimate of drug-likeness (QED) is 0.619. The van der Waals surface area contributed by atoms with Gasteiger partial charge in [-0.3, -0.25) is 5.21 Å². The van der Waals surface area contributed by atoms with Gasteiger partial charge in [0.2, 0.25) is 0 Å². The number of hydroxylamine groups is 2. The monoisotopic (exact) mass is 282 g/mol. The van der Waals surface area contributed by atoms with Crippen molar-refractivity contribution in [3.63, 3.8) is 0 Å². The van der Waals surface area contributed by atoms with Gasteiger partial charge in [-0.05, 0) is 38.0 Å². The molecule has 0 radical (unpaired) electrons. The number of hydrogen-bond donors (Lipinski definition) is 2. The highest BCUT2D eigenvalue weighted by molar-refractivity contribution is 5.73. The van der Waals surface area contributed by atoms with Crippen molar-refractivity contribution in [1.82, 2.24) is 10.4 Å². The Morgan fingerprint density at radius 3 is 2.50 bits per heavy atom. The second-order valence-corrected chi connectivity index (χ2v) is 4.61. The summed E-state index contributed by atoms with van der Waals surface area (Å²) in [7, 11) is 3.16. The minimum absolute atomic E-state index is 0.254. The molecule has 0 bridgehead atoms. The van der Waals surface area contributed by atoms with Crippen molar-refractivity contribution < 1.29 is 19.5 Å². The summed E-state index contributed by atoms with van der Waals surface area (Å²) in [6.07, 6.45) is 0.637. The van der Waals surface area contributed by atoms with Crippen LogP contribution in [0.3, 0.4) is 0 Å². The van der Waals surface area contributed by atoms with Gasteiger partial charge in [0, 0.05) is 6.54 Å². The summed E-state index contributed by atoms with van der Waals surface area (Å²) in [6.45, 7) is 3.89. The van der Waals surface area contributed by atoms with Crippen LogP contribution >= 0.6 is 0 Å². The van der Waals surface area contributed by atoms with Gasteiger partial charge in [0.1, 0.15) is 0 Å². The molecule has 0 unspecified atom stereocenters. The lowest BCUT2D eigenvalue weighted by Crippen LogP contribution is -2.42. The maximum absolute atomic E-state index is 11.5. The highest BCUT2D eigenvalue weighted by Gasteiger charge is 2.13. The molecule has 1 rings (SSSR count). The van der Waals surface area contributed by atoms with Crippen molar-refractivity contribution in [1.29, 1.82) is 0 Å². The first-order chi connectivity index (χ1) is 9.49. The van der Waals surface area contributed by atoms with E-state index < -0.39 is 6.03 Å². The first-order valence-corrected chi connectivity index (χ1v) is 6.46. The molecule has 0 aliphatic carbocycles. The standard InChI is InChI=1S/C14H22N2O4/c1-10(2)16(18)14(17)15-8-7-11-5-6-12(19-3)13(9-11)20-4/h5-6,9-10,18H,7-8H2,1-4H3,(H,15,17). The van der Waals surface area contributed by atoms with Gasteiger partial charge in [0.05, 0.1) is 20.3 Å². The summed E-state index contributed by atoms with van der Waals surface area (Å²) in [5.41, 5.74) is 1.01. The Balaban J connectivity index is 2.52. The van der Waals surface area contributed by atoms with Crippen LogP contribution in [0.15, 0.2) is 18.2 Å². The average Bonchev–Trinajstić information content (AvgIpc) is 2.45. The zero-order chi connectivity index (χ0) is 15.1. The maximum Gasteiger partial charge on any atom is 0.341 e. The van der Waals surface area contributed by atoms with Crippen molar-refractivity contribution in [3.05, 3.63) is 23.8 Å². The molecule has 1 aromatic rings. The topological polar surface area (TPSA) is 71.0 Å². The third-order valence-electron chi connectivity index (χ3n) is 2.84. The summed E-state index contributed by atoms with van der Waals surface area (Å²) in [5, 5.41) is 12.7. The molecule has 0 spiro atoms. The summed E-state index contributed by atoms with van der Waals surface area (Å²) in [6, 6.07) is 4.84. The van der Waals surface area contributed by atoms with E-state index >= 15 is 0 Å². The molecule has 0 aromatic heterocycles. The number of nitrogens with zero attached hydrogens (tertiary/aromatic N) is 1. The zero-order valence-electron chi connectivity index (χ0n) is 12.3. The molecule has 0 atom stereocenters. The minimum atomic E-state index is -0.500. The molecule has 6 heteroatoms. The van der Waals surface area contributed by atoms with E-state index in [0.717, 1.165) is 5.56 Å². The molecule has 0 aliphatic heterocycles. The minimum Gasteiger partial charge on any atom is -0.493 e. The van der Waals surface area contributed by atoms with Gasteiger partial charge in [-0.25, -0.2) is 9.86 Å².